The van der Waals surface area contributed by atoms with Crippen LogP contribution in [0.15, 0.2) is 29.3 Å². The Labute approximate surface area is 164 Å². The molecule has 1 amide bonds. The zero-order valence-corrected chi connectivity index (χ0v) is 17.2. The minimum absolute atomic E-state index is 0.104. The van der Waals surface area contributed by atoms with Crippen LogP contribution >= 0.6 is 0 Å². The zero-order chi connectivity index (χ0) is 21.4. The van der Waals surface area contributed by atoms with Crippen molar-refractivity contribution in [1.29, 1.82) is 0 Å². The van der Waals surface area contributed by atoms with E-state index in [-0.39, 0.29) is 12.3 Å². The molecule has 0 bridgehead atoms. The van der Waals surface area contributed by atoms with E-state index in [9.17, 15) is 13.6 Å². The van der Waals surface area contributed by atoms with E-state index >= 15 is 0 Å². The number of carbonyl (C=O) groups excluding carboxylic acids is 1. The quantitative estimate of drug-likeness (QED) is 0.483. The van der Waals surface area contributed by atoms with Gasteiger partial charge in [0.1, 0.15) is 11.4 Å². The Morgan fingerprint density at radius 3 is 2.36 bits per heavy atom. The van der Waals surface area contributed by atoms with Gasteiger partial charge in [0.2, 0.25) is 0 Å². The van der Waals surface area contributed by atoms with Gasteiger partial charge in [-0.15, -0.1) is 0 Å². The number of nitrogens with zero attached hydrogens (tertiary/aromatic N) is 1. The molecule has 0 aliphatic rings. The molecule has 0 aliphatic heterocycles. The van der Waals surface area contributed by atoms with Gasteiger partial charge in [-0.2, -0.15) is 8.78 Å². The van der Waals surface area contributed by atoms with E-state index in [4.69, 9.17) is 4.74 Å². The topological polar surface area (TPSA) is 84.0 Å². The first-order chi connectivity index (χ1) is 12.9. The Kier molecular flexibility index (Phi) is 8.46. The lowest BCUT2D eigenvalue weighted by Crippen LogP contribution is -2.54. The van der Waals surface area contributed by atoms with E-state index in [1.165, 1.54) is 6.07 Å². The van der Waals surface area contributed by atoms with Gasteiger partial charge in [-0.3, -0.25) is 4.99 Å². The first-order valence-electron chi connectivity index (χ1n) is 8.90. The van der Waals surface area contributed by atoms with Gasteiger partial charge in [0.15, 0.2) is 5.96 Å². The molecule has 158 valence electrons. The molecule has 0 unspecified atom stereocenters. The Bertz CT molecular complexity index is 673. The zero-order valence-electron chi connectivity index (χ0n) is 17.2. The molecule has 0 fully saturated rings. The molecule has 1 rings (SSSR count). The van der Waals surface area contributed by atoms with Crippen LogP contribution in [0.5, 0.6) is 5.75 Å². The molecule has 0 spiro atoms. The molecule has 0 saturated carbocycles. The van der Waals surface area contributed by atoms with Crippen LogP contribution in [0.3, 0.4) is 0 Å². The third-order valence-corrected chi connectivity index (χ3v) is 3.40. The summed E-state index contributed by atoms with van der Waals surface area (Å²) in [4.78, 5) is 16.0. The summed E-state index contributed by atoms with van der Waals surface area (Å²) in [6.45, 7) is 6.76. The number of aliphatic imine (C=N–C) groups is 1. The Balaban J connectivity index is 2.58. The maximum atomic E-state index is 12.5. The van der Waals surface area contributed by atoms with E-state index in [2.05, 4.69) is 25.7 Å². The van der Waals surface area contributed by atoms with Crippen LogP contribution in [-0.4, -0.2) is 43.4 Å². The molecule has 0 aromatic heterocycles. The molecule has 1 aromatic rings. The van der Waals surface area contributed by atoms with Gasteiger partial charge in [0.05, 0.1) is 5.54 Å². The van der Waals surface area contributed by atoms with Crippen LogP contribution < -0.4 is 20.7 Å². The smallest absolute Gasteiger partial charge is 0.408 e. The molecule has 1 aromatic carbocycles. The molecule has 0 heterocycles. The maximum absolute atomic E-state index is 12.5. The highest BCUT2D eigenvalue weighted by Gasteiger charge is 2.24. The van der Waals surface area contributed by atoms with Crippen LogP contribution in [0.1, 0.15) is 40.2 Å². The average molecular weight is 400 g/mol. The highest BCUT2D eigenvalue weighted by atomic mass is 19.3. The fraction of sp³-hybridized carbons (Fsp3) is 0.579. The average Bonchev–Trinajstić information content (AvgIpc) is 2.53. The standard InChI is InChI=1S/C19H30F2N4O3/c1-18(2,3)28-17(26)25-19(4,5)12-24-16(22-6)23-11-13-9-7-8-10-14(13)27-15(20)21/h7-10,15H,11-12H2,1-6H3,(H,25,26)(H2,22,23,24). The minimum atomic E-state index is -2.89. The number of amides is 1. The van der Waals surface area contributed by atoms with Crippen LogP contribution in [0.25, 0.3) is 0 Å². The second-order valence-corrected chi connectivity index (χ2v) is 7.78. The van der Waals surface area contributed by atoms with Crippen LogP contribution in [-0.2, 0) is 11.3 Å². The van der Waals surface area contributed by atoms with Gasteiger partial charge in [0.25, 0.3) is 0 Å². The van der Waals surface area contributed by atoms with Crippen molar-refractivity contribution in [3.05, 3.63) is 29.8 Å². The van der Waals surface area contributed by atoms with E-state index in [1.54, 1.807) is 46.0 Å². The van der Waals surface area contributed by atoms with Crippen molar-refractivity contribution in [1.82, 2.24) is 16.0 Å². The van der Waals surface area contributed by atoms with Gasteiger partial charge < -0.3 is 25.4 Å². The number of nitrogens with one attached hydrogen (secondary N) is 3. The Morgan fingerprint density at radius 1 is 1.14 bits per heavy atom. The first kappa shape index (κ1) is 23.5. The second kappa shape index (κ2) is 10.1. The fourth-order valence-electron chi connectivity index (χ4n) is 2.19. The Hall–Kier alpha value is -2.58. The molecule has 0 saturated heterocycles. The number of para-hydroxylation sites is 1. The summed E-state index contributed by atoms with van der Waals surface area (Å²) in [5, 5.41) is 8.91. The number of rotatable bonds is 7. The molecule has 0 radical (unpaired) electrons. The van der Waals surface area contributed by atoms with Crippen molar-refractivity contribution in [3.63, 3.8) is 0 Å². The third kappa shape index (κ3) is 9.38. The number of alkyl halides is 2. The first-order valence-corrected chi connectivity index (χ1v) is 8.90. The summed E-state index contributed by atoms with van der Waals surface area (Å²) in [6, 6.07) is 6.53. The SMILES string of the molecule is CN=C(NCc1ccccc1OC(F)F)NCC(C)(C)NC(=O)OC(C)(C)C. The summed E-state index contributed by atoms with van der Waals surface area (Å²) in [5.41, 5.74) is -0.632. The fourth-order valence-corrected chi connectivity index (χ4v) is 2.19. The molecular formula is C19H30F2N4O3. The third-order valence-electron chi connectivity index (χ3n) is 3.40. The maximum Gasteiger partial charge on any atom is 0.408 e. The van der Waals surface area contributed by atoms with Crippen molar-refractivity contribution >= 4 is 12.1 Å². The molecule has 9 heteroatoms. The van der Waals surface area contributed by atoms with Crippen LogP contribution in [0.4, 0.5) is 13.6 Å². The molecule has 7 nitrogen and oxygen atoms in total. The van der Waals surface area contributed by atoms with Gasteiger partial charge in [-0.25, -0.2) is 4.79 Å². The molecule has 28 heavy (non-hydrogen) atoms. The monoisotopic (exact) mass is 400 g/mol. The molecule has 3 N–H and O–H groups in total. The summed E-state index contributed by atoms with van der Waals surface area (Å²) in [7, 11) is 1.59. The van der Waals surface area contributed by atoms with E-state index in [1.807, 2.05) is 13.8 Å². The normalized spacial score (nSPS) is 12.5. The van der Waals surface area contributed by atoms with E-state index < -0.39 is 23.8 Å². The second-order valence-electron chi connectivity index (χ2n) is 7.78. The van der Waals surface area contributed by atoms with Gasteiger partial charge >= 0.3 is 12.7 Å². The number of benzene rings is 1. The predicted octanol–water partition coefficient (Wildman–Crippen LogP) is 3.26. The predicted molar refractivity (Wildman–Crippen MR) is 105 cm³/mol. The molecule has 0 atom stereocenters. The lowest BCUT2D eigenvalue weighted by Gasteiger charge is -2.29. The highest BCUT2D eigenvalue weighted by molar-refractivity contribution is 5.80. The van der Waals surface area contributed by atoms with Crippen LogP contribution in [0, 0.1) is 0 Å². The number of alkyl carbamates (subject to hydrolysis) is 1. The van der Waals surface area contributed by atoms with Crippen molar-refractivity contribution in [2.45, 2.75) is 58.9 Å². The number of guanidine groups is 1. The van der Waals surface area contributed by atoms with Gasteiger partial charge in [-0.1, -0.05) is 18.2 Å². The molecule has 0 aliphatic carbocycles. The largest absolute Gasteiger partial charge is 0.444 e. The summed E-state index contributed by atoms with van der Waals surface area (Å²) < 4.78 is 34.8. The van der Waals surface area contributed by atoms with Crippen molar-refractivity contribution in [2.24, 2.45) is 4.99 Å². The van der Waals surface area contributed by atoms with Crippen molar-refractivity contribution in [2.75, 3.05) is 13.6 Å². The minimum Gasteiger partial charge on any atom is -0.444 e. The lowest BCUT2D eigenvalue weighted by atomic mass is 10.1. The summed E-state index contributed by atoms with van der Waals surface area (Å²) in [6.07, 6.45) is -0.514. The van der Waals surface area contributed by atoms with Crippen molar-refractivity contribution in [3.8, 4) is 5.75 Å². The highest BCUT2D eigenvalue weighted by Crippen LogP contribution is 2.19. The molecular weight excluding hydrogens is 370 g/mol. The van der Waals surface area contributed by atoms with E-state index in [0.717, 1.165) is 0 Å². The summed E-state index contributed by atoms with van der Waals surface area (Å²) >= 11 is 0. The number of ether oxygens (including phenoxy) is 2. The van der Waals surface area contributed by atoms with Gasteiger partial charge in [-0.05, 0) is 40.7 Å². The summed E-state index contributed by atoms with van der Waals surface area (Å²) in [5.74, 6) is 0.554. The number of carbonyl (C=O) groups is 1. The number of halogens is 2. The Morgan fingerprint density at radius 2 is 1.79 bits per heavy atom. The van der Waals surface area contributed by atoms with Gasteiger partial charge in [0, 0.05) is 25.7 Å². The lowest BCUT2D eigenvalue weighted by molar-refractivity contribution is -0.0504. The van der Waals surface area contributed by atoms with Crippen molar-refractivity contribution < 1.29 is 23.0 Å². The number of hydrogen-bond acceptors (Lipinski definition) is 4. The van der Waals surface area contributed by atoms with E-state index in [0.29, 0.717) is 18.1 Å². The number of hydrogen-bond donors (Lipinski definition) is 3. The van der Waals surface area contributed by atoms with Crippen LogP contribution in [0.2, 0.25) is 0 Å².